The minimum absolute atomic E-state index is 0.0503. The lowest BCUT2D eigenvalue weighted by Gasteiger charge is -2.17. The molecular formula is C34H33F3N8O4. The van der Waals surface area contributed by atoms with Crippen LogP contribution in [0.3, 0.4) is 0 Å². The number of carbonyl (C=O) groups is 2. The number of aryl methyl sites for hydroxylation is 1. The predicted molar refractivity (Wildman–Crippen MR) is 175 cm³/mol. The Bertz CT molecular complexity index is 2020. The molecule has 0 saturated carbocycles. The largest absolute Gasteiger partial charge is 0.450 e. The quantitative estimate of drug-likeness (QED) is 0.161. The van der Waals surface area contributed by atoms with E-state index in [4.69, 9.17) is 10.5 Å². The van der Waals surface area contributed by atoms with Crippen LogP contribution in [0.4, 0.5) is 28.4 Å². The van der Waals surface area contributed by atoms with Crippen LogP contribution in [0.25, 0.3) is 33.3 Å². The van der Waals surface area contributed by atoms with Gasteiger partial charge in [-0.05, 0) is 66.3 Å². The van der Waals surface area contributed by atoms with E-state index in [0.717, 1.165) is 30.4 Å². The van der Waals surface area contributed by atoms with Gasteiger partial charge < -0.3 is 20.7 Å². The molecule has 0 unspecified atom stereocenters. The van der Waals surface area contributed by atoms with Crippen molar-refractivity contribution in [2.45, 2.75) is 58.0 Å². The van der Waals surface area contributed by atoms with Crippen molar-refractivity contribution in [3.05, 3.63) is 94.7 Å². The van der Waals surface area contributed by atoms with Crippen LogP contribution < -0.4 is 16.6 Å². The monoisotopic (exact) mass is 674 g/mol. The molecule has 0 bridgehead atoms. The maximum Gasteiger partial charge on any atom is 0.408 e. The van der Waals surface area contributed by atoms with Gasteiger partial charge in [0.15, 0.2) is 0 Å². The number of hydrogen-bond donors (Lipinski definition) is 2. The topological polar surface area (TPSA) is 150 Å². The van der Waals surface area contributed by atoms with Crippen molar-refractivity contribution in [3.63, 3.8) is 0 Å². The summed E-state index contributed by atoms with van der Waals surface area (Å²) in [6.45, 7) is 0.166. The lowest BCUT2D eigenvalue weighted by molar-refractivity contribution is -0.143. The molecule has 0 radical (unpaired) electrons. The minimum Gasteiger partial charge on any atom is -0.450 e. The van der Waals surface area contributed by atoms with Gasteiger partial charge in [-0.25, -0.2) is 14.3 Å². The van der Waals surface area contributed by atoms with E-state index in [0.29, 0.717) is 58.5 Å². The summed E-state index contributed by atoms with van der Waals surface area (Å²) in [5.41, 5.74) is 8.27. The molecule has 1 aliphatic heterocycles. The van der Waals surface area contributed by atoms with Crippen LogP contribution in [-0.4, -0.2) is 54.4 Å². The predicted octanol–water partition coefficient (Wildman–Crippen LogP) is 6.09. The van der Waals surface area contributed by atoms with Gasteiger partial charge in [0.1, 0.15) is 6.54 Å². The number of urea groups is 1. The van der Waals surface area contributed by atoms with E-state index in [1.807, 2.05) is 6.07 Å². The smallest absolute Gasteiger partial charge is 0.408 e. The molecule has 0 fully saturated rings. The Hall–Kier alpha value is -5.73. The molecule has 5 aromatic rings. The van der Waals surface area contributed by atoms with Crippen LogP contribution in [-0.2, 0) is 30.9 Å². The Morgan fingerprint density at radius 3 is 2.47 bits per heavy atom. The van der Waals surface area contributed by atoms with Crippen LogP contribution in [0.5, 0.6) is 0 Å². The molecule has 3 amide bonds. The molecule has 6 rings (SSSR count). The Kier molecular flexibility index (Phi) is 9.60. The second kappa shape index (κ2) is 14.2. The third-order valence-corrected chi connectivity index (χ3v) is 8.16. The number of anilines is 1. The highest BCUT2D eigenvalue weighted by atomic mass is 19.4. The number of amides is 3. The lowest BCUT2D eigenvalue weighted by atomic mass is 10.0. The Morgan fingerprint density at radius 2 is 1.71 bits per heavy atom. The molecular weight excluding hydrogens is 641 g/mol. The third-order valence-electron chi connectivity index (χ3n) is 8.16. The minimum atomic E-state index is -4.69. The third kappa shape index (κ3) is 8.05. The van der Waals surface area contributed by atoms with Crippen molar-refractivity contribution in [1.29, 1.82) is 0 Å². The SMILES string of the molecule is NC(=O)OCCCCCCn1cc2c(-c3cc(-c4ccc(NC(=O)N5Cc6ccncc6C5)cc4)nn(CC(F)(F)F)c3=O)cccc2n1. The summed E-state index contributed by atoms with van der Waals surface area (Å²) >= 11 is 0. The number of nitrogens with zero attached hydrogens (tertiary/aromatic N) is 6. The number of alkyl halides is 3. The van der Waals surface area contributed by atoms with Crippen molar-refractivity contribution in [2.24, 2.45) is 5.73 Å². The molecule has 2 aromatic carbocycles. The summed E-state index contributed by atoms with van der Waals surface area (Å²) in [5, 5.41) is 12.2. The number of primary amides is 1. The van der Waals surface area contributed by atoms with Crippen molar-refractivity contribution >= 4 is 28.7 Å². The molecule has 49 heavy (non-hydrogen) atoms. The number of rotatable bonds is 11. The number of nitrogens with one attached hydrogen (secondary N) is 1. The number of halogens is 3. The number of unbranched alkanes of at least 4 members (excludes halogenated alkanes) is 3. The Balaban J connectivity index is 1.22. The molecule has 4 heterocycles. The number of hydrogen-bond acceptors (Lipinski definition) is 7. The van der Waals surface area contributed by atoms with Gasteiger partial charge in [-0.15, -0.1) is 0 Å². The van der Waals surface area contributed by atoms with Crippen LogP contribution in [0.2, 0.25) is 0 Å². The van der Waals surface area contributed by atoms with Gasteiger partial charge in [-0.3, -0.25) is 14.5 Å². The van der Waals surface area contributed by atoms with Gasteiger partial charge in [-0.1, -0.05) is 30.7 Å². The number of fused-ring (bicyclic) bond motifs is 2. The van der Waals surface area contributed by atoms with E-state index in [2.05, 4.69) is 20.5 Å². The number of aromatic nitrogens is 5. The maximum atomic E-state index is 13.6. The number of nitrogens with two attached hydrogens (primary N) is 1. The first-order valence-electron chi connectivity index (χ1n) is 15.7. The standard InChI is InChI=1S/C34H33F3N8O4/c35-34(36,37)21-45-31(46)27(26-6-5-7-29-28(26)20-44(41-29)14-3-1-2-4-15-49-32(38)47)16-30(42-45)22-8-10-25(11-9-22)40-33(48)43-18-23-12-13-39-17-24(23)19-43/h5-13,16-17,20H,1-4,14-15,18-19,21H2,(H2,38,47)(H,40,48). The first-order chi connectivity index (χ1) is 23.5. The summed E-state index contributed by atoms with van der Waals surface area (Å²) in [6.07, 6.45) is 2.87. The fourth-order valence-electron chi connectivity index (χ4n) is 5.79. The first kappa shape index (κ1) is 33.2. The highest BCUT2D eigenvalue weighted by molar-refractivity contribution is 5.95. The molecule has 3 aromatic heterocycles. The summed E-state index contributed by atoms with van der Waals surface area (Å²) in [5.74, 6) is 0. The van der Waals surface area contributed by atoms with Crippen molar-refractivity contribution in [3.8, 4) is 22.4 Å². The van der Waals surface area contributed by atoms with E-state index >= 15 is 0 Å². The zero-order valence-electron chi connectivity index (χ0n) is 26.3. The van der Waals surface area contributed by atoms with E-state index < -0.39 is 24.4 Å². The first-order valence-corrected chi connectivity index (χ1v) is 15.7. The molecule has 0 atom stereocenters. The molecule has 0 spiro atoms. The zero-order valence-corrected chi connectivity index (χ0v) is 26.3. The molecule has 12 nitrogen and oxygen atoms in total. The molecule has 0 saturated heterocycles. The summed E-state index contributed by atoms with van der Waals surface area (Å²) in [7, 11) is 0. The second-order valence-corrected chi connectivity index (χ2v) is 11.7. The molecule has 0 aliphatic carbocycles. The number of pyridine rings is 1. The van der Waals surface area contributed by atoms with Crippen molar-refractivity contribution in [1.82, 2.24) is 29.4 Å². The average molecular weight is 675 g/mol. The van der Waals surface area contributed by atoms with E-state index in [-0.39, 0.29) is 23.9 Å². The molecule has 254 valence electrons. The van der Waals surface area contributed by atoms with Crippen LogP contribution >= 0.6 is 0 Å². The number of benzene rings is 2. The van der Waals surface area contributed by atoms with Crippen molar-refractivity contribution in [2.75, 3.05) is 11.9 Å². The van der Waals surface area contributed by atoms with E-state index in [1.165, 1.54) is 6.07 Å². The number of carbonyl (C=O) groups excluding carboxylic acids is 2. The van der Waals surface area contributed by atoms with E-state index in [9.17, 15) is 27.6 Å². The van der Waals surface area contributed by atoms with Gasteiger partial charge in [0, 0.05) is 54.9 Å². The summed E-state index contributed by atoms with van der Waals surface area (Å²) in [6, 6.07) is 14.7. The fourth-order valence-corrected chi connectivity index (χ4v) is 5.79. The van der Waals surface area contributed by atoms with Gasteiger partial charge in [0.25, 0.3) is 5.56 Å². The average Bonchev–Trinajstić information content (AvgIpc) is 3.69. The van der Waals surface area contributed by atoms with Gasteiger partial charge in [0.2, 0.25) is 0 Å². The highest BCUT2D eigenvalue weighted by Crippen LogP contribution is 2.30. The maximum absolute atomic E-state index is 13.6. The van der Waals surface area contributed by atoms with Gasteiger partial charge >= 0.3 is 18.3 Å². The van der Waals surface area contributed by atoms with Crippen LogP contribution in [0, 0.1) is 0 Å². The van der Waals surface area contributed by atoms with Gasteiger partial charge in [0.05, 0.1) is 23.4 Å². The second-order valence-electron chi connectivity index (χ2n) is 11.7. The Labute approximate surface area is 278 Å². The summed E-state index contributed by atoms with van der Waals surface area (Å²) in [4.78, 5) is 42.8. The van der Waals surface area contributed by atoms with Crippen LogP contribution in [0.1, 0.15) is 36.8 Å². The van der Waals surface area contributed by atoms with Crippen LogP contribution in [0.15, 0.2) is 78.0 Å². The van der Waals surface area contributed by atoms with Gasteiger partial charge in [-0.2, -0.15) is 23.4 Å². The van der Waals surface area contributed by atoms with Crippen molar-refractivity contribution < 1.29 is 27.5 Å². The Morgan fingerprint density at radius 1 is 0.939 bits per heavy atom. The fraction of sp³-hybridized carbons (Fsp3) is 0.294. The molecule has 1 aliphatic rings. The lowest BCUT2D eigenvalue weighted by Crippen LogP contribution is -2.31. The molecule has 3 N–H and O–H groups in total. The van der Waals surface area contributed by atoms with E-state index in [1.54, 1.807) is 70.6 Å². The zero-order chi connectivity index (χ0) is 34.5. The molecule has 15 heteroatoms. The summed E-state index contributed by atoms with van der Waals surface area (Å²) < 4.78 is 47.7. The normalized spacial score (nSPS) is 12.7. The number of ether oxygens (including phenoxy) is 1. The highest BCUT2D eigenvalue weighted by Gasteiger charge is 2.30.